The summed E-state index contributed by atoms with van der Waals surface area (Å²) in [6.45, 7) is 2.28. The molecular formula is C29H30ClN3O5. The van der Waals surface area contributed by atoms with Gasteiger partial charge < -0.3 is 24.5 Å². The molecule has 1 amide bonds. The SMILES string of the molecule is COc1cc(CNC(=O)c2c(-c3ccc(Cl)cc3)c3cccnc3c(=O)n2CCC(C)CO)cc(OC)c1. The minimum atomic E-state index is -0.420. The van der Waals surface area contributed by atoms with Crippen molar-refractivity contribution in [2.45, 2.75) is 26.4 Å². The molecule has 2 aromatic heterocycles. The molecule has 2 N–H and O–H groups in total. The van der Waals surface area contributed by atoms with Crippen LogP contribution in [0.25, 0.3) is 22.0 Å². The van der Waals surface area contributed by atoms with Crippen LogP contribution in [-0.2, 0) is 13.1 Å². The van der Waals surface area contributed by atoms with E-state index in [0.29, 0.717) is 33.9 Å². The number of hydrogen-bond acceptors (Lipinski definition) is 6. The number of amides is 1. The summed E-state index contributed by atoms with van der Waals surface area (Å²) in [6.07, 6.45) is 2.06. The van der Waals surface area contributed by atoms with Crippen LogP contribution in [0.2, 0.25) is 5.02 Å². The van der Waals surface area contributed by atoms with Crippen molar-refractivity contribution in [3.05, 3.63) is 87.4 Å². The van der Waals surface area contributed by atoms with Gasteiger partial charge in [-0.2, -0.15) is 0 Å². The largest absolute Gasteiger partial charge is 0.497 e. The molecular weight excluding hydrogens is 506 g/mol. The van der Waals surface area contributed by atoms with Gasteiger partial charge in [-0.1, -0.05) is 36.7 Å². The summed E-state index contributed by atoms with van der Waals surface area (Å²) in [5, 5.41) is 13.7. The van der Waals surface area contributed by atoms with Crippen LogP contribution in [0.4, 0.5) is 0 Å². The zero-order valence-electron chi connectivity index (χ0n) is 21.5. The second-order valence-corrected chi connectivity index (χ2v) is 9.50. The molecule has 0 aliphatic heterocycles. The van der Waals surface area contributed by atoms with Gasteiger partial charge in [0, 0.05) is 47.9 Å². The molecule has 9 heteroatoms. The van der Waals surface area contributed by atoms with Gasteiger partial charge in [0.25, 0.3) is 11.5 Å². The summed E-state index contributed by atoms with van der Waals surface area (Å²) in [7, 11) is 3.12. The van der Waals surface area contributed by atoms with Gasteiger partial charge in [-0.3, -0.25) is 14.6 Å². The van der Waals surface area contributed by atoms with Gasteiger partial charge >= 0.3 is 0 Å². The third kappa shape index (κ3) is 5.82. The number of pyridine rings is 2. The van der Waals surface area contributed by atoms with Crippen LogP contribution in [-0.4, -0.2) is 41.4 Å². The van der Waals surface area contributed by atoms with Crippen LogP contribution >= 0.6 is 11.6 Å². The number of aromatic nitrogens is 2. The number of nitrogens with one attached hydrogen (secondary N) is 1. The number of benzene rings is 2. The average Bonchev–Trinajstić information content (AvgIpc) is 2.95. The van der Waals surface area contributed by atoms with E-state index in [1.165, 1.54) is 4.57 Å². The van der Waals surface area contributed by atoms with Crippen LogP contribution in [0, 0.1) is 5.92 Å². The van der Waals surface area contributed by atoms with Gasteiger partial charge in [0.15, 0.2) is 0 Å². The highest BCUT2D eigenvalue weighted by Crippen LogP contribution is 2.31. The molecule has 0 saturated heterocycles. The van der Waals surface area contributed by atoms with E-state index in [0.717, 1.165) is 11.1 Å². The first-order valence-corrected chi connectivity index (χ1v) is 12.6. The minimum Gasteiger partial charge on any atom is -0.497 e. The summed E-state index contributed by atoms with van der Waals surface area (Å²) in [5.41, 5.74) is 2.21. The predicted octanol–water partition coefficient (Wildman–Crippen LogP) is 4.68. The number of carbonyl (C=O) groups is 1. The Morgan fingerprint density at radius 3 is 2.42 bits per heavy atom. The molecule has 1 atom stereocenters. The quantitative estimate of drug-likeness (QED) is 0.305. The van der Waals surface area contributed by atoms with Crippen molar-refractivity contribution < 1.29 is 19.4 Å². The third-order valence-corrected chi connectivity index (χ3v) is 6.65. The van der Waals surface area contributed by atoms with Gasteiger partial charge in [-0.05, 0) is 53.8 Å². The van der Waals surface area contributed by atoms with Gasteiger partial charge in [0.05, 0.1) is 14.2 Å². The van der Waals surface area contributed by atoms with Crippen molar-refractivity contribution in [1.82, 2.24) is 14.9 Å². The van der Waals surface area contributed by atoms with Crippen LogP contribution in [0.15, 0.2) is 65.6 Å². The maximum absolute atomic E-state index is 13.9. The van der Waals surface area contributed by atoms with Crippen molar-refractivity contribution in [3.8, 4) is 22.6 Å². The zero-order chi connectivity index (χ0) is 27.2. The second-order valence-electron chi connectivity index (χ2n) is 9.07. The van der Waals surface area contributed by atoms with E-state index >= 15 is 0 Å². The Hall–Kier alpha value is -3.88. The van der Waals surface area contributed by atoms with Gasteiger partial charge in [-0.15, -0.1) is 0 Å². The van der Waals surface area contributed by atoms with E-state index in [4.69, 9.17) is 21.1 Å². The number of aliphatic hydroxyl groups excluding tert-OH is 1. The molecule has 0 aliphatic carbocycles. The molecule has 38 heavy (non-hydrogen) atoms. The molecule has 198 valence electrons. The van der Waals surface area contributed by atoms with Gasteiger partial charge in [-0.25, -0.2) is 0 Å². The Labute approximate surface area is 225 Å². The van der Waals surface area contributed by atoms with E-state index in [2.05, 4.69) is 10.3 Å². The molecule has 0 saturated carbocycles. The number of halogens is 1. The highest BCUT2D eigenvalue weighted by atomic mass is 35.5. The Kier molecular flexibility index (Phi) is 8.66. The van der Waals surface area contributed by atoms with Crippen molar-refractivity contribution in [1.29, 1.82) is 0 Å². The number of fused-ring (bicyclic) bond motifs is 1. The van der Waals surface area contributed by atoms with Crippen LogP contribution in [0.1, 0.15) is 29.4 Å². The number of rotatable bonds is 10. The maximum atomic E-state index is 13.9. The molecule has 2 heterocycles. The van der Waals surface area contributed by atoms with E-state index in [-0.39, 0.29) is 42.4 Å². The number of carbonyl (C=O) groups excluding carboxylic acids is 1. The van der Waals surface area contributed by atoms with Gasteiger partial charge in [0.1, 0.15) is 22.7 Å². The zero-order valence-corrected chi connectivity index (χ0v) is 22.3. The molecule has 4 rings (SSSR count). The Morgan fingerprint density at radius 2 is 1.79 bits per heavy atom. The molecule has 2 aromatic carbocycles. The fourth-order valence-corrected chi connectivity index (χ4v) is 4.43. The molecule has 4 aromatic rings. The molecule has 1 unspecified atom stereocenters. The summed E-state index contributed by atoms with van der Waals surface area (Å²) in [6, 6.07) is 16.0. The number of methoxy groups -OCH3 is 2. The summed E-state index contributed by atoms with van der Waals surface area (Å²) in [4.78, 5) is 31.9. The number of nitrogens with zero attached hydrogens (tertiary/aromatic N) is 2. The lowest BCUT2D eigenvalue weighted by molar-refractivity contribution is 0.0940. The average molecular weight is 536 g/mol. The van der Waals surface area contributed by atoms with Crippen molar-refractivity contribution >= 4 is 28.4 Å². The van der Waals surface area contributed by atoms with Gasteiger partial charge in [0.2, 0.25) is 0 Å². The standard InChI is InChI=1S/C29H30ClN3O5/c1-18(17-34)10-12-33-27(28(35)32-16-19-13-22(37-2)15-23(14-19)38-3)25(20-6-8-21(30)9-7-20)24-5-4-11-31-26(24)29(33)36/h4-9,11,13-15,18,34H,10,12,16-17H2,1-3H3,(H,32,35). The molecule has 0 radical (unpaired) electrons. The lowest BCUT2D eigenvalue weighted by Gasteiger charge is -2.20. The highest BCUT2D eigenvalue weighted by molar-refractivity contribution is 6.30. The molecule has 0 fully saturated rings. The number of hydrogen-bond donors (Lipinski definition) is 2. The normalized spacial score (nSPS) is 11.8. The monoisotopic (exact) mass is 535 g/mol. The lowest BCUT2D eigenvalue weighted by atomic mass is 9.97. The van der Waals surface area contributed by atoms with Crippen LogP contribution < -0.4 is 20.3 Å². The first kappa shape index (κ1) is 27.2. The maximum Gasteiger partial charge on any atom is 0.277 e. The van der Waals surface area contributed by atoms with Crippen molar-refractivity contribution in [2.75, 3.05) is 20.8 Å². The Balaban J connectivity index is 1.86. The number of ether oxygens (including phenoxy) is 2. The molecule has 0 bridgehead atoms. The van der Waals surface area contributed by atoms with Crippen LogP contribution in [0.3, 0.4) is 0 Å². The van der Waals surface area contributed by atoms with E-state index in [1.54, 1.807) is 50.7 Å². The lowest BCUT2D eigenvalue weighted by Crippen LogP contribution is -2.34. The van der Waals surface area contributed by atoms with Crippen molar-refractivity contribution in [3.63, 3.8) is 0 Å². The first-order chi connectivity index (χ1) is 18.4. The smallest absolute Gasteiger partial charge is 0.277 e. The third-order valence-electron chi connectivity index (χ3n) is 6.40. The van der Waals surface area contributed by atoms with E-state index in [1.807, 2.05) is 31.2 Å². The first-order valence-electron chi connectivity index (χ1n) is 12.2. The molecule has 0 spiro atoms. The molecule has 8 nitrogen and oxygen atoms in total. The summed E-state index contributed by atoms with van der Waals surface area (Å²) in [5.74, 6) is 0.723. The highest BCUT2D eigenvalue weighted by Gasteiger charge is 2.24. The molecule has 0 aliphatic rings. The van der Waals surface area contributed by atoms with Crippen molar-refractivity contribution in [2.24, 2.45) is 5.92 Å². The number of aliphatic hydroxyl groups is 1. The van der Waals surface area contributed by atoms with Crippen LogP contribution in [0.5, 0.6) is 11.5 Å². The minimum absolute atomic E-state index is 0.0240. The second kappa shape index (κ2) is 12.1. The topological polar surface area (TPSA) is 103 Å². The predicted molar refractivity (Wildman–Crippen MR) is 148 cm³/mol. The van der Waals surface area contributed by atoms with E-state index < -0.39 is 5.91 Å². The van der Waals surface area contributed by atoms with E-state index in [9.17, 15) is 14.7 Å². The Bertz CT molecular complexity index is 1480. The fraction of sp³-hybridized carbons (Fsp3) is 0.276. The Morgan fingerprint density at radius 1 is 1.11 bits per heavy atom. The summed E-state index contributed by atoms with van der Waals surface area (Å²) < 4.78 is 12.2. The fourth-order valence-electron chi connectivity index (χ4n) is 4.30. The summed E-state index contributed by atoms with van der Waals surface area (Å²) >= 11 is 6.15.